The van der Waals surface area contributed by atoms with Crippen molar-refractivity contribution in [1.82, 2.24) is 14.5 Å². The van der Waals surface area contributed by atoms with Crippen molar-refractivity contribution in [3.63, 3.8) is 0 Å². The fraction of sp³-hybridized carbons (Fsp3) is 0.250. The first-order valence-electron chi connectivity index (χ1n) is 8.74. The van der Waals surface area contributed by atoms with Crippen molar-refractivity contribution in [2.75, 3.05) is 20.3 Å². The quantitative estimate of drug-likeness (QED) is 0.654. The van der Waals surface area contributed by atoms with E-state index in [1.807, 2.05) is 0 Å². The van der Waals surface area contributed by atoms with E-state index < -0.39 is 23.1 Å². The second kappa shape index (κ2) is 8.18. The van der Waals surface area contributed by atoms with Crippen LogP contribution in [0, 0.1) is 5.82 Å². The van der Waals surface area contributed by atoms with Gasteiger partial charge < -0.3 is 10.1 Å². The number of nitrogens with zero attached hydrogens (tertiary/aromatic N) is 2. The van der Waals surface area contributed by atoms with Crippen molar-refractivity contribution in [3.05, 3.63) is 75.2 Å². The molecule has 3 aromatic rings. The number of fused-ring (bicyclic) bond motifs is 1. The third kappa shape index (κ3) is 3.59. The van der Waals surface area contributed by atoms with E-state index in [1.165, 1.54) is 35.9 Å². The van der Waals surface area contributed by atoms with Gasteiger partial charge >= 0.3 is 5.69 Å². The molecule has 0 unspecified atom stereocenters. The maximum Gasteiger partial charge on any atom is 0.336 e. The first-order valence-corrected chi connectivity index (χ1v) is 8.74. The molecule has 1 aromatic heterocycles. The minimum atomic E-state index is -0.874. The largest absolute Gasteiger partial charge is 0.383 e. The van der Waals surface area contributed by atoms with Crippen LogP contribution in [0.4, 0.5) is 4.39 Å². The van der Waals surface area contributed by atoms with Gasteiger partial charge in [-0.25, -0.2) is 13.8 Å². The number of rotatable bonds is 6. The number of ether oxygens (including phenoxy) is 1. The van der Waals surface area contributed by atoms with E-state index in [1.54, 1.807) is 31.2 Å². The van der Waals surface area contributed by atoms with Crippen LogP contribution < -0.4 is 16.6 Å². The summed E-state index contributed by atoms with van der Waals surface area (Å²) in [5.41, 5.74) is -0.631. The van der Waals surface area contributed by atoms with E-state index >= 15 is 0 Å². The molecule has 0 aliphatic carbocycles. The van der Waals surface area contributed by atoms with Crippen LogP contribution in [0.1, 0.15) is 13.0 Å². The second-order valence-corrected chi connectivity index (χ2v) is 6.25. The van der Waals surface area contributed by atoms with Crippen molar-refractivity contribution in [3.8, 4) is 5.69 Å². The molecule has 0 radical (unpaired) electrons. The highest BCUT2D eigenvalue weighted by atomic mass is 19.1. The number of halogens is 1. The average Bonchev–Trinajstić information content (AvgIpc) is 2.69. The van der Waals surface area contributed by atoms with Gasteiger partial charge in [0.2, 0.25) is 5.91 Å². The Balaban J connectivity index is 2.22. The van der Waals surface area contributed by atoms with Gasteiger partial charge in [-0.15, -0.1) is 0 Å². The molecule has 0 saturated heterocycles. The molecule has 0 spiro atoms. The topological polar surface area (TPSA) is 82.3 Å². The molecular weight excluding hydrogens is 365 g/mol. The van der Waals surface area contributed by atoms with Gasteiger partial charge in [0.05, 0.1) is 23.2 Å². The van der Waals surface area contributed by atoms with Crippen LogP contribution >= 0.6 is 0 Å². The maximum absolute atomic E-state index is 13.3. The van der Waals surface area contributed by atoms with Crippen LogP contribution in [-0.2, 0) is 9.53 Å². The smallest absolute Gasteiger partial charge is 0.336 e. The zero-order chi connectivity index (χ0) is 20.3. The van der Waals surface area contributed by atoms with Gasteiger partial charge in [-0.1, -0.05) is 12.1 Å². The minimum absolute atomic E-state index is 0.225. The van der Waals surface area contributed by atoms with Crippen LogP contribution in [0.3, 0.4) is 0 Å². The standard InChI is InChI=1S/C20H20FN3O4/c1-13(18(25)22-11-12-28-2)23-17-6-4-3-5-16(17)19(26)24(20(23)27)15-9-7-14(21)8-10-15/h3-10,13H,11-12H2,1-2H3,(H,22,25)/t13-/m0/s1. The number of para-hydroxylation sites is 1. The highest BCUT2D eigenvalue weighted by molar-refractivity contribution is 5.84. The molecule has 2 aromatic carbocycles. The van der Waals surface area contributed by atoms with Gasteiger partial charge in [0.25, 0.3) is 5.56 Å². The summed E-state index contributed by atoms with van der Waals surface area (Å²) in [6.45, 7) is 2.21. The molecular formula is C20H20FN3O4. The molecule has 28 heavy (non-hydrogen) atoms. The predicted molar refractivity (Wildman–Crippen MR) is 103 cm³/mol. The lowest BCUT2D eigenvalue weighted by Gasteiger charge is -2.19. The van der Waals surface area contributed by atoms with Crippen molar-refractivity contribution < 1.29 is 13.9 Å². The monoisotopic (exact) mass is 385 g/mol. The predicted octanol–water partition coefficient (Wildman–Crippen LogP) is 1.62. The van der Waals surface area contributed by atoms with Crippen molar-refractivity contribution >= 4 is 16.8 Å². The van der Waals surface area contributed by atoms with Gasteiger partial charge in [-0.3, -0.25) is 14.2 Å². The normalized spacial score (nSPS) is 12.1. The van der Waals surface area contributed by atoms with E-state index in [0.717, 1.165) is 4.57 Å². The molecule has 1 heterocycles. The number of nitrogens with one attached hydrogen (secondary N) is 1. The molecule has 1 amide bonds. The summed E-state index contributed by atoms with van der Waals surface area (Å²) in [6.07, 6.45) is 0. The van der Waals surface area contributed by atoms with Crippen LogP contribution in [0.25, 0.3) is 16.6 Å². The molecule has 0 fully saturated rings. The van der Waals surface area contributed by atoms with E-state index in [4.69, 9.17) is 4.74 Å². The number of carbonyl (C=O) groups is 1. The van der Waals surface area contributed by atoms with E-state index in [-0.39, 0.29) is 17.0 Å². The first kappa shape index (κ1) is 19.5. The first-order chi connectivity index (χ1) is 13.5. The Morgan fingerprint density at radius 2 is 1.82 bits per heavy atom. The molecule has 0 bridgehead atoms. The van der Waals surface area contributed by atoms with Crippen LogP contribution in [0.15, 0.2) is 58.1 Å². The molecule has 0 saturated carbocycles. The Kier molecular flexibility index (Phi) is 5.70. The van der Waals surface area contributed by atoms with E-state index in [2.05, 4.69) is 5.32 Å². The Bertz CT molecular complexity index is 1120. The third-order valence-electron chi connectivity index (χ3n) is 4.45. The Hall–Kier alpha value is -3.26. The van der Waals surface area contributed by atoms with Crippen LogP contribution in [-0.4, -0.2) is 35.3 Å². The molecule has 3 rings (SSSR count). The SMILES string of the molecule is COCCNC(=O)[C@H](C)n1c(=O)n(-c2ccc(F)cc2)c(=O)c2ccccc21. The van der Waals surface area contributed by atoms with Crippen LogP contribution in [0.5, 0.6) is 0 Å². The van der Waals surface area contributed by atoms with Crippen molar-refractivity contribution in [2.24, 2.45) is 0 Å². The summed E-state index contributed by atoms with van der Waals surface area (Å²) in [4.78, 5) is 38.6. The summed E-state index contributed by atoms with van der Waals surface area (Å²) < 4.78 is 20.4. The molecule has 1 N–H and O–H groups in total. The van der Waals surface area contributed by atoms with Gasteiger partial charge in [-0.05, 0) is 43.3 Å². The van der Waals surface area contributed by atoms with E-state index in [0.29, 0.717) is 18.7 Å². The summed E-state index contributed by atoms with van der Waals surface area (Å²) in [6, 6.07) is 10.7. The summed E-state index contributed by atoms with van der Waals surface area (Å²) in [7, 11) is 1.52. The maximum atomic E-state index is 13.3. The lowest BCUT2D eigenvalue weighted by atomic mass is 10.2. The highest BCUT2D eigenvalue weighted by Gasteiger charge is 2.22. The Morgan fingerprint density at radius 1 is 1.14 bits per heavy atom. The number of benzene rings is 2. The van der Waals surface area contributed by atoms with Gasteiger partial charge in [0.1, 0.15) is 11.9 Å². The van der Waals surface area contributed by atoms with E-state index in [9.17, 15) is 18.8 Å². The molecule has 8 heteroatoms. The van der Waals surface area contributed by atoms with Gasteiger partial charge in [0, 0.05) is 13.7 Å². The van der Waals surface area contributed by atoms with Gasteiger partial charge in [0.15, 0.2) is 0 Å². The number of methoxy groups -OCH3 is 1. The molecule has 0 aliphatic rings. The highest BCUT2D eigenvalue weighted by Crippen LogP contribution is 2.15. The average molecular weight is 385 g/mol. The summed E-state index contributed by atoms with van der Waals surface area (Å²) in [5.74, 6) is -0.864. The lowest BCUT2D eigenvalue weighted by molar-refractivity contribution is -0.124. The fourth-order valence-electron chi connectivity index (χ4n) is 3.02. The van der Waals surface area contributed by atoms with Crippen molar-refractivity contribution in [1.29, 1.82) is 0 Å². The molecule has 1 atom stereocenters. The summed E-state index contributed by atoms with van der Waals surface area (Å²) >= 11 is 0. The number of hydrogen-bond donors (Lipinski definition) is 1. The molecule has 7 nitrogen and oxygen atoms in total. The zero-order valence-corrected chi connectivity index (χ0v) is 15.5. The second-order valence-electron chi connectivity index (χ2n) is 6.25. The molecule has 146 valence electrons. The third-order valence-corrected chi connectivity index (χ3v) is 4.45. The van der Waals surface area contributed by atoms with Gasteiger partial charge in [-0.2, -0.15) is 0 Å². The Labute approximate surface area is 160 Å². The van der Waals surface area contributed by atoms with Crippen LogP contribution in [0.2, 0.25) is 0 Å². The number of amides is 1. The number of carbonyl (C=O) groups excluding carboxylic acids is 1. The van der Waals surface area contributed by atoms with Crippen molar-refractivity contribution in [2.45, 2.75) is 13.0 Å². The number of hydrogen-bond acceptors (Lipinski definition) is 4. The number of aromatic nitrogens is 2. The minimum Gasteiger partial charge on any atom is -0.383 e. The fourth-order valence-corrected chi connectivity index (χ4v) is 3.02. The lowest BCUT2D eigenvalue weighted by Crippen LogP contribution is -2.44. The summed E-state index contributed by atoms with van der Waals surface area (Å²) in [5, 5.41) is 2.97. The zero-order valence-electron chi connectivity index (χ0n) is 15.5. The molecule has 0 aliphatic heterocycles. The Morgan fingerprint density at radius 3 is 2.50 bits per heavy atom.